The van der Waals surface area contributed by atoms with E-state index in [1.807, 2.05) is 18.2 Å². The number of allylic oxidation sites excluding steroid dienone is 2. The van der Waals surface area contributed by atoms with Crippen LogP contribution in [0.2, 0.25) is 6.04 Å². The molecule has 1 nitrogen and oxygen atoms in total. The fourth-order valence-electron chi connectivity index (χ4n) is 1.10. The summed E-state index contributed by atoms with van der Waals surface area (Å²) in [5.41, 5.74) is 2.51. The minimum atomic E-state index is -0.810. The molecule has 0 saturated heterocycles. The first-order valence-corrected chi connectivity index (χ1v) is 5.81. The molecule has 64 valence electrons. The third-order valence-electron chi connectivity index (χ3n) is 1.81. The van der Waals surface area contributed by atoms with Crippen LogP contribution in [-0.2, 0) is 0 Å². The van der Waals surface area contributed by atoms with E-state index in [1.165, 1.54) is 11.1 Å². The van der Waals surface area contributed by atoms with Crippen LogP contribution >= 0.6 is 0 Å². The maximum atomic E-state index is 8.76. The maximum absolute atomic E-state index is 8.76. The van der Waals surface area contributed by atoms with E-state index in [1.54, 1.807) is 0 Å². The molecule has 2 heteroatoms. The Hall–Kier alpha value is -0.863. The van der Waals surface area contributed by atoms with E-state index in [-0.39, 0.29) is 0 Å². The van der Waals surface area contributed by atoms with Crippen molar-refractivity contribution in [2.45, 2.75) is 13.0 Å². The van der Waals surface area contributed by atoms with Gasteiger partial charge in [0.05, 0.1) is 0 Å². The molecule has 0 aliphatic carbocycles. The number of rotatable bonds is 3. The predicted octanol–water partition coefficient (Wildman–Crippen LogP) is 1.58. The van der Waals surface area contributed by atoms with Gasteiger partial charge in [0.25, 0.3) is 0 Å². The molecule has 12 heavy (non-hydrogen) atoms. The summed E-state index contributed by atoms with van der Waals surface area (Å²) in [7, 11) is -0.810. The first-order valence-electron chi connectivity index (χ1n) is 4.17. The van der Waals surface area contributed by atoms with Crippen molar-refractivity contribution in [3.8, 4) is 0 Å². The zero-order valence-corrected chi connectivity index (χ0v) is 8.74. The summed E-state index contributed by atoms with van der Waals surface area (Å²) < 4.78 is 0. The van der Waals surface area contributed by atoms with Gasteiger partial charge >= 0.3 is 0 Å². The summed E-state index contributed by atoms with van der Waals surface area (Å²) in [5, 5.41) is 0. The molecule has 0 radical (unpaired) electrons. The van der Waals surface area contributed by atoms with Crippen LogP contribution in [0, 0.1) is 0 Å². The molecule has 0 spiro atoms. The number of benzene rings is 1. The van der Waals surface area contributed by atoms with Crippen molar-refractivity contribution >= 4 is 15.3 Å². The Labute approximate surface area is 75.7 Å². The summed E-state index contributed by atoms with van der Waals surface area (Å²) in [4.78, 5) is 8.76. The molecule has 1 aromatic rings. The second kappa shape index (κ2) is 4.90. The fraction of sp³-hybridized carbons (Fsp3) is 0.200. The molecule has 1 rings (SSSR count). The van der Waals surface area contributed by atoms with Crippen LogP contribution in [0.25, 0.3) is 5.57 Å². The molecule has 0 aromatic heterocycles. The zero-order valence-electron chi connectivity index (χ0n) is 7.33. The lowest BCUT2D eigenvalue weighted by Crippen LogP contribution is -1.83. The van der Waals surface area contributed by atoms with Gasteiger partial charge in [0.2, 0.25) is 0 Å². The largest absolute Gasteiger partial charge is 0.438 e. The van der Waals surface area contributed by atoms with Crippen molar-refractivity contribution in [2.24, 2.45) is 0 Å². The van der Waals surface area contributed by atoms with Gasteiger partial charge in [0, 0.05) is 0 Å². The monoisotopic (exact) mass is 178 g/mol. The van der Waals surface area contributed by atoms with E-state index in [4.69, 9.17) is 4.80 Å². The van der Waals surface area contributed by atoms with Crippen molar-refractivity contribution < 1.29 is 4.80 Å². The van der Waals surface area contributed by atoms with Gasteiger partial charge in [-0.2, -0.15) is 0 Å². The van der Waals surface area contributed by atoms with E-state index in [2.05, 4.69) is 25.1 Å². The summed E-state index contributed by atoms with van der Waals surface area (Å²) >= 11 is 0. The molecule has 0 atom stereocenters. The highest BCUT2D eigenvalue weighted by Crippen LogP contribution is 2.12. The lowest BCUT2D eigenvalue weighted by Gasteiger charge is -1.99. The second-order valence-corrected chi connectivity index (χ2v) is 3.79. The normalized spacial score (nSPS) is 12.7. The molecule has 1 aromatic carbocycles. The average molecular weight is 178 g/mol. The van der Waals surface area contributed by atoms with Gasteiger partial charge in [-0.3, -0.25) is 0 Å². The van der Waals surface area contributed by atoms with Crippen molar-refractivity contribution in [3.63, 3.8) is 0 Å². The molecule has 0 aliphatic rings. The lowest BCUT2D eigenvalue weighted by molar-refractivity contribution is 0.605. The summed E-state index contributed by atoms with van der Waals surface area (Å²) in [6.45, 7) is 2.08. The number of hydrogen-bond donors (Lipinski definition) is 1. The van der Waals surface area contributed by atoms with Crippen molar-refractivity contribution in [1.82, 2.24) is 0 Å². The smallest absolute Gasteiger partial charge is 0.160 e. The first kappa shape index (κ1) is 9.23. The maximum Gasteiger partial charge on any atom is 0.160 e. The minimum Gasteiger partial charge on any atom is -0.438 e. The van der Waals surface area contributed by atoms with Crippen molar-refractivity contribution in [1.29, 1.82) is 0 Å². The molecule has 0 bridgehead atoms. The predicted molar refractivity (Wildman–Crippen MR) is 55.7 cm³/mol. The molecular formula is C10H14OSi. The third kappa shape index (κ3) is 2.64. The fourth-order valence-corrected chi connectivity index (χ4v) is 1.66. The zero-order chi connectivity index (χ0) is 8.81. The van der Waals surface area contributed by atoms with E-state index in [0.717, 1.165) is 6.04 Å². The second-order valence-electron chi connectivity index (χ2n) is 2.77. The van der Waals surface area contributed by atoms with Crippen molar-refractivity contribution in [2.75, 3.05) is 0 Å². The van der Waals surface area contributed by atoms with Gasteiger partial charge in [-0.1, -0.05) is 36.4 Å². The summed E-state index contributed by atoms with van der Waals surface area (Å²) in [6, 6.07) is 11.1. The standard InChI is InChI=1S/C10H14OSi/c1-9(7-8-12-11)10-5-3-2-4-6-10/h2-7,11H,8,12H2,1H3. The molecular weight excluding hydrogens is 164 g/mol. The molecule has 0 aliphatic heterocycles. The van der Waals surface area contributed by atoms with Crippen LogP contribution < -0.4 is 0 Å². The van der Waals surface area contributed by atoms with Gasteiger partial charge in [-0.25, -0.2) is 0 Å². The van der Waals surface area contributed by atoms with Gasteiger partial charge in [-0.05, 0) is 24.1 Å². The van der Waals surface area contributed by atoms with Crippen LogP contribution in [0.5, 0.6) is 0 Å². The summed E-state index contributed by atoms with van der Waals surface area (Å²) in [6.07, 6.45) is 2.11. The Bertz CT molecular complexity index is 254. The molecule has 0 saturated carbocycles. The Kier molecular flexibility index (Phi) is 3.77. The molecule has 0 fully saturated rings. The Morgan fingerprint density at radius 2 is 2.08 bits per heavy atom. The van der Waals surface area contributed by atoms with Crippen molar-refractivity contribution in [3.05, 3.63) is 42.0 Å². The Morgan fingerprint density at radius 3 is 2.67 bits per heavy atom. The van der Waals surface area contributed by atoms with Gasteiger partial charge in [0.1, 0.15) is 0 Å². The average Bonchev–Trinajstić information content (AvgIpc) is 2.15. The van der Waals surface area contributed by atoms with Gasteiger partial charge < -0.3 is 4.80 Å². The lowest BCUT2D eigenvalue weighted by atomic mass is 10.1. The molecule has 1 N–H and O–H groups in total. The number of hydrogen-bond acceptors (Lipinski definition) is 1. The SMILES string of the molecule is CC(=CC[SiH2]O)c1ccccc1. The van der Waals surface area contributed by atoms with E-state index >= 15 is 0 Å². The molecule has 0 unspecified atom stereocenters. The Balaban J connectivity index is 2.71. The van der Waals surface area contributed by atoms with Crippen LogP contribution in [0.1, 0.15) is 12.5 Å². The van der Waals surface area contributed by atoms with Crippen LogP contribution in [0.15, 0.2) is 36.4 Å². The highest BCUT2D eigenvalue weighted by atomic mass is 28.2. The highest BCUT2D eigenvalue weighted by molar-refractivity contribution is 6.26. The molecule has 0 heterocycles. The summed E-state index contributed by atoms with van der Waals surface area (Å²) in [5.74, 6) is 0. The Morgan fingerprint density at radius 1 is 1.42 bits per heavy atom. The quantitative estimate of drug-likeness (QED) is 0.697. The van der Waals surface area contributed by atoms with Gasteiger partial charge in [0.15, 0.2) is 9.76 Å². The van der Waals surface area contributed by atoms with Crippen LogP contribution in [-0.4, -0.2) is 14.6 Å². The molecule has 0 amide bonds. The highest BCUT2D eigenvalue weighted by Gasteiger charge is 1.91. The van der Waals surface area contributed by atoms with Crippen LogP contribution in [0.3, 0.4) is 0 Å². The first-order chi connectivity index (χ1) is 5.84. The van der Waals surface area contributed by atoms with E-state index < -0.39 is 9.76 Å². The van der Waals surface area contributed by atoms with Gasteiger partial charge in [-0.15, -0.1) is 0 Å². The topological polar surface area (TPSA) is 20.2 Å². The van der Waals surface area contributed by atoms with E-state index in [9.17, 15) is 0 Å². The minimum absolute atomic E-state index is 0.810. The van der Waals surface area contributed by atoms with E-state index in [0.29, 0.717) is 0 Å². The third-order valence-corrected chi connectivity index (χ3v) is 2.36. The van der Waals surface area contributed by atoms with Crippen LogP contribution in [0.4, 0.5) is 0 Å².